The van der Waals surface area contributed by atoms with E-state index in [2.05, 4.69) is 22.9 Å². The van der Waals surface area contributed by atoms with Gasteiger partial charge in [0.1, 0.15) is 0 Å². The molecule has 1 amide bonds. The molecule has 0 bridgehead atoms. The maximum Gasteiger partial charge on any atom is 0.252 e. The molecule has 1 aliphatic rings. The molecule has 25 heavy (non-hydrogen) atoms. The molecule has 3 aromatic rings. The van der Waals surface area contributed by atoms with Crippen molar-refractivity contribution >= 4 is 33.6 Å². The third-order valence-corrected chi connectivity index (χ3v) is 4.74. The summed E-state index contributed by atoms with van der Waals surface area (Å²) >= 11 is 0. The zero-order valence-electron chi connectivity index (χ0n) is 14.0. The average molecular weight is 329 g/mol. The maximum absolute atomic E-state index is 12.6. The fourth-order valence-electron chi connectivity index (χ4n) is 3.59. The molecule has 4 N–H and O–H groups in total. The summed E-state index contributed by atoms with van der Waals surface area (Å²) in [7, 11) is 0. The number of H-pyrrole nitrogens is 1. The first-order valence-corrected chi connectivity index (χ1v) is 8.21. The van der Waals surface area contributed by atoms with Crippen LogP contribution >= 0.6 is 0 Å². The first kappa shape index (κ1) is 15.3. The van der Waals surface area contributed by atoms with Gasteiger partial charge in [-0.3, -0.25) is 4.79 Å². The van der Waals surface area contributed by atoms with Crippen molar-refractivity contribution in [3.8, 4) is 0 Å². The van der Waals surface area contributed by atoms with Gasteiger partial charge in [-0.25, -0.2) is 0 Å². The third kappa shape index (κ3) is 2.34. The summed E-state index contributed by atoms with van der Waals surface area (Å²) in [5.74, 6) is -0.104. The maximum atomic E-state index is 12.6. The van der Waals surface area contributed by atoms with Gasteiger partial charge >= 0.3 is 0 Å². The Hall–Kier alpha value is -3.27. The van der Waals surface area contributed by atoms with Crippen molar-refractivity contribution in [3.05, 3.63) is 77.5 Å². The number of amides is 1. The second-order valence-corrected chi connectivity index (χ2v) is 6.27. The number of anilines is 1. The monoisotopic (exact) mass is 329 g/mol. The summed E-state index contributed by atoms with van der Waals surface area (Å²) in [5, 5.41) is 4.05. The number of hydrogen-bond donors (Lipinski definition) is 3. The zero-order chi connectivity index (χ0) is 17.6. The molecular formula is C21H19N3O. The van der Waals surface area contributed by atoms with E-state index < -0.39 is 0 Å². The van der Waals surface area contributed by atoms with Crippen LogP contribution in [0.5, 0.6) is 0 Å². The number of carbonyl (C=O) groups is 1. The van der Waals surface area contributed by atoms with Gasteiger partial charge in [0.2, 0.25) is 0 Å². The van der Waals surface area contributed by atoms with Crippen LogP contribution in [-0.4, -0.2) is 17.4 Å². The Labute approximate surface area is 146 Å². The van der Waals surface area contributed by atoms with E-state index in [9.17, 15) is 4.79 Å². The molecule has 0 saturated heterocycles. The molecule has 0 unspecified atom stereocenters. The van der Waals surface area contributed by atoms with Crippen LogP contribution in [0.2, 0.25) is 0 Å². The second-order valence-electron chi connectivity index (χ2n) is 6.27. The van der Waals surface area contributed by atoms with Gasteiger partial charge in [-0.2, -0.15) is 0 Å². The second kappa shape index (κ2) is 5.67. The normalized spacial score (nSPS) is 14.2. The number of nitrogen functional groups attached to an aromatic ring is 1. The molecule has 2 heterocycles. The van der Waals surface area contributed by atoms with Crippen molar-refractivity contribution in [2.45, 2.75) is 6.92 Å². The molecule has 124 valence electrons. The fraction of sp³-hybridized carbons (Fsp3) is 0.0952. The standard InChI is InChI=1S/C21H19N3O/c1-12(14-7-3-5-9-17(14)22)19-16(11-23-21(19)25)20-13(2)24-18-10-6-4-8-15(18)20/h3-10,24H,1,11,22H2,2H3,(H,23,25). The smallest absolute Gasteiger partial charge is 0.252 e. The highest BCUT2D eigenvalue weighted by molar-refractivity contribution is 6.20. The van der Waals surface area contributed by atoms with Crippen molar-refractivity contribution < 1.29 is 4.79 Å². The molecule has 0 fully saturated rings. The van der Waals surface area contributed by atoms with E-state index in [-0.39, 0.29) is 5.91 Å². The van der Waals surface area contributed by atoms with Gasteiger partial charge in [0.05, 0.1) is 5.57 Å². The Morgan fingerprint density at radius 2 is 1.84 bits per heavy atom. The number of carbonyl (C=O) groups excluding carboxylic acids is 1. The Morgan fingerprint density at radius 1 is 1.12 bits per heavy atom. The van der Waals surface area contributed by atoms with Crippen LogP contribution in [0.1, 0.15) is 16.8 Å². The quantitative estimate of drug-likeness (QED) is 0.642. The lowest BCUT2D eigenvalue weighted by molar-refractivity contribution is -0.116. The lowest BCUT2D eigenvalue weighted by Crippen LogP contribution is -2.18. The van der Waals surface area contributed by atoms with Gasteiger partial charge in [-0.15, -0.1) is 0 Å². The molecule has 4 nitrogen and oxygen atoms in total. The van der Waals surface area contributed by atoms with Crippen LogP contribution in [0.25, 0.3) is 22.0 Å². The Kier molecular flexibility index (Phi) is 3.46. The number of aryl methyl sites for hydroxylation is 1. The minimum Gasteiger partial charge on any atom is -0.398 e. The van der Waals surface area contributed by atoms with Crippen LogP contribution < -0.4 is 11.1 Å². The number of aromatic amines is 1. The van der Waals surface area contributed by atoms with E-state index >= 15 is 0 Å². The minimum absolute atomic E-state index is 0.104. The average Bonchev–Trinajstić information content (AvgIpc) is 3.13. The van der Waals surface area contributed by atoms with E-state index in [1.165, 1.54) is 0 Å². The molecule has 2 aromatic carbocycles. The zero-order valence-corrected chi connectivity index (χ0v) is 14.0. The summed E-state index contributed by atoms with van der Waals surface area (Å²) < 4.78 is 0. The Morgan fingerprint density at radius 3 is 2.64 bits per heavy atom. The topological polar surface area (TPSA) is 70.9 Å². The number of rotatable bonds is 3. The van der Waals surface area contributed by atoms with E-state index in [1.807, 2.05) is 49.4 Å². The van der Waals surface area contributed by atoms with E-state index in [1.54, 1.807) is 0 Å². The minimum atomic E-state index is -0.104. The van der Waals surface area contributed by atoms with Crippen LogP contribution in [0.4, 0.5) is 5.69 Å². The summed E-state index contributed by atoms with van der Waals surface area (Å²) in [6, 6.07) is 15.6. The number of aromatic nitrogens is 1. The summed E-state index contributed by atoms with van der Waals surface area (Å²) in [6.07, 6.45) is 0. The molecule has 1 aromatic heterocycles. The highest BCUT2D eigenvalue weighted by Gasteiger charge is 2.29. The molecule has 0 spiro atoms. The lowest BCUT2D eigenvalue weighted by Gasteiger charge is -2.11. The van der Waals surface area contributed by atoms with Crippen molar-refractivity contribution in [3.63, 3.8) is 0 Å². The van der Waals surface area contributed by atoms with Crippen molar-refractivity contribution in [2.75, 3.05) is 12.3 Å². The molecule has 1 aliphatic heterocycles. The first-order valence-electron chi connectivity index (χ1n) is 8.21. The Balaban J connectivity index is 1.95. The van der Waals surface area contributed by atoms with Gasteiger partial charge in [-0.1, -0.05) is 43.0 Å². The van der Waals surface area contributed by atoms with E-state index in [0.717, 1.165) is 33.3 Å². The molecular weight excluding hydrogens is 310 g/mol. The lowest BCUT2D eigenvalue weighted by atomic mass is 9.91. The number of nitrogens with two attached hydrogens (primary N) is 1. The van der Waals surface area contributed by atoms with Crippen LogP contribution in [-0.2, 0) is 4.79 Å². The van der Waals surface area contributed by atoms with Crippen molar-refractivity contribution in [2.24, 2.45) is 0 Å². The van der Waals surface area contributed by atoms with Crippen LogP contribution in [0.3, 0.4) is 0 Å². The molecule has 0 aliphatic carbocycles. The summed E-state index contributed by atoms with van der Waals surface area (Å²) in [4.78, 5) is 16.0. The number of fused-ring (bicyclic) bond motifs is 1. The predicted molar refractivity (Wildman–Crippen MR) is 103 cm³/mol. The third-order valence-electron chi connectivity index (χ3n) is 4.74. The fourth-order valence-corrected chi connectivity index (χ4v) is 3.59. The van der Waals surface area contributed by atoms with Gasteiger partial charge in [-0.05, 0) is 30.2 Å². The van der Waals surface area contributed by atoms with E-state index in [0.29, 0.717) is 23.4 Å². The number of hydrogen-bond acceptors (Lipinski definition) is 2. The largest absolute Gasteiger partial charge is 0.398 e. The van der Waals surface area contributed by atoms with Gasteiger partial charge in [0.15, 0.2) is 0 Å². The SMILES string of the molecule is C=C(C1=C(c2c(C)[nH]c3ccccc23)CNC1=O)c1ccccc1N. The van der Waals surface area contributed by atoms with Gasteiger partial charge in [0, 0.05) is 40.0 Å². The summed E-state index contributed by atoms with van der Waals surface area (Å²) in [5.41, 5.74) is 12.9. The molecule has 4 heteroatoms. The van der Waals surface area contributed by atoms with Crippen molar-refractivity contribution in [1.82, 2.24) is 10.3 Å². The van der Waals surface area contributed by atoms with Gasteiger partial charge in [0.25, 0.3) is 5.91 Å². The number of benzene rings is 2. The van der Waals surface area contributed by atoms with Crippen LogP contribution in [0, 0.1) is 6.92 Å². The molecule has 0 radical (unpaired) electrons. The molecule has 0 saturated carbocycles. The first-order chi connectivity index (χ1) is 12.1. The van der Waals surface area contributed by atoms with Crippen LogP contribution in [0.15, 0.2) is 60.7 Å². The Bertz CT molecular complexity index is 1060. The highest BCUT2D eigenvalue weighted by atomic mass is 16.1. The predicted octanol–water partition coefficient (Wildman–Crippen LogP) is 3.66. The van der Waals surface area contributed by atoms with Gasteiger partial charge < -0.3 is 16.0 Å². The summed E-state index contributed by atoms with van der Waals surface area (Å²) in [6.45, 7) is 6.70. The highest BCUT2D eigenvalue weighted by Crippen LogP contribution is 2.38. The van der Waals surface area contributed by atoms with E-state index in [4.69, 9.17) is 5.73 Å². The molecule has 0 atom stereocenters. The number of para-hydroxylation sites is 2. The van der Waals surface area contributed by atoms with Crippen molar-refractivity contribution in [1.29, 1.82) is 0 Å². The number of nitrogens with one attached hydrogen (secondary N) is 2. The molecule has 4 rings (SSSR count).